The molecule has 0 aromatic heterocycles. The highest BCUT2D eigenvalue weighted by atomic mass is 19.1. The van der Waals surface area contributed by atoms with Crippen LogP contribution in [0.5, 0.6) is 5.75 Å². The molecule has 0 aliphatic carbocycles. The van der Waals surface area contributed by atoms with E-state index in [9.17, 15) is 9.50 Å². The molecular weight excluding hydrogens is 145 g/mol. The summed E-state index contributed by atoms with van der Waals surface area (Å²) < 4.78 is 12.8. The van der Waals surface area contributed by atoms with Crippen LogP contribution in [0.1, 0.15) is 5.56 Å². The first kappa shape index (κ1) is 7.85. The molecule has 1 rings (SSSR count). The monoisotopic (exact) mass is 155 g/mol. The summed E-state index contributed by atoms with van der Waals surface area (Å²) in [5.74, 6) is -0.237. The smallest absolute Gasteiger partial charge is 0.139 e. The van der Waals surface area contributed by atoms with Gasteiger partial charge >= 0.3 is 0 Å². The minimum absolute atomic E-state index is 0.0754. The van der Waals surface area contributed by atoms with E-state index in [0.717, 1.165) is 0 Å². The van der Waals surface area contributed by atoms with E-state index in [0.29, 0.717) is 11.3 Å². The van der Waals surface area contributed by atoms with E-state index in [-0.39, 0.29) is 11.6 Å². The van der Waals surface area contributed by atoms with Crippen molar-refractivity contribution in [1.29, 1.82) is 0 Å². The van der Waals surface area contributed by atoms with E-state index in [2.05, 4.69) is 5.32 Å². The third-order valence-corrected chi connectivity index (χ3v) is 1.55. The van der Waals surface area contributed by atoms with E-state index in [4.69, 9.17) is 0 Å². The molecule has 1 aromatic rings. The van der Waals surface area contributed by atoms with Gasteiger partial charge in [-0.25, -0.2) is 4.39 Å². The van der Waals surface area contributed by atoms with Crippen molar-refractivity contribution in [1.82, 2.24) is 0 Å². The van der Waals surface area contributed by atoms with Gasteiger partial charge in [-0.1, -0.05) is 0 Å². The molecule has 0 spiro atoms. The SMILES string of the molecule is CNc1cc(F)c(C)cc1O. The van der Waals surface area contributed by atoms with Crippen molar-refractivity contribution in [3.63, 3.8) is 0 Å². The molecule has 60 valence electrons. The minimum atomic E-state index is -0.313. The Morgan fingerprint density at radius 1 is 1.45 bits per heavy atom. The first-order chi connectivity index (χ1) is 5.15. The molecule has 2 N–H and O–H groups in total. The van der Waals surface area contributed by atoms with Gasteiger partial charge in [0, 0.05) is 13.1 Å². The van der Waals surface area contributed by atoms with Crippen LogP contribution in [0.25, 0.3) is 0 Å². The normalized spacial score (nSPS) is 9.73. The zero-order valence-corrected chi connectivity index (χ0v) is 6.48. The fraction of sp³-hybridized carbons (Fsp3) is 0.250. The molecule has 0 unspecified atom stereocenters. The number of rotatable bonds is 1. The molecule has 1 aromatic carbocycles. The highest BCUT2D eigenvalue weighted by Crippen LogP contribution is 2.25. The summed E-state index contributed by atoms with van der Waals surface area (Å²) in [7, 11) is 1.63. The number of anilines is 1. The average Bonchev–Trinajstić information content (AvgIpc) is 1.97. The van der Waals surface area contributed by atoms with Gasteiger partial charge in [0.2, 0.25) is 0 Å². The predicted octanol–water partition coefficient (Wildman–Crippen LogP) is 1.88. The van der Waals surface area contributed by atoms with Crippen molar-refractivity contribution in [3.8, 4) is 5.75 Å². The zero-order valence-electron chi connectivity index (χ0n) is 6.48. The number of phenolic OH excluding ortho intramolecular Hbond substituents is 1. The number of nitrogens with one attached hydrogen (secondary N) is 1. The second-order valence-electron chi connectivity index (χ2n) is 2.37. The number of hydrogen-bond donors (Lipinski definition) is 2. The Morgan fingerprint density at radius 3 is 2.64 bits per heavy atom. The molecule has 0 aliphatic rings. The second-order valence-corrected chi connectivity index (χ2v) is 2.37. The van der Waals surface area contributed by atoms with Crippen LogP contribution >= 0.6 is 0 Å². The lowest BCUT2D eigenvalue weighted by molar-refractivity contribution is 0.474. The highest BCUT2D eigenvalue weighted by Gasteiger charge is 2.03. The topological polar surface area (TPSA) is 32.3 Å². The summed E-state index contributed by atoms with van der Waals surface area (Å²) in [4.78, 5) is 0. The highest BCUT2D eigenvalue weighted by molar-refractivity contribution is 5.56. The van der Waals surface area contributed by atoms with Gasteiger partial charge in [-0.15, -0.1) is 0 Å². The van der Waals surface area contributed by atoms with Gasteiger partial charge in [0.15, 0.2) is 0 Å². The number of hydrogen-bond acceptors (Lipinski definition) is 2. The Morgan fingerprint density at radius 2 is 2.09 bits per heavy atom. The maximum atomic E-state index is 12.8. The number of benzene rings is 1. The largest absolute Gasteiger partial charge is 0.506 e. The molecule has 0 amide bonds. The van der Waals surface area contributed by atoms with Crippen molar-refractivity contribution in [2.24, 2.45) is 0 Å². The van der Waals surface area contributed by atoms with Crippen LogP contribution in [0.15, 0.2) is 12.1 Å². The molecule has 2 nitrogen and oxygen atoms in total. The summed E-state index contributed by atoms with van der Waals surface area (Å²) in [5, 5.41) is 11.9. The van der Waals surface area contributed by atoms with Crippen LogP contribution in [0.2, 0.25) is 0 Å². The standard InChI is InChI=1S/C8H10FNO/c1-5-3-8(11)7(10-2)4-6(5)9/h3-4,10-11H,1-2H3. The molecule has 0 saturated carbocycles. The third-order valence-electron chi connectivity index (χ3n) is 1.55. The molecule has 0 bridgehead atoms. The van der Waals surface area contributed by atoms with Crippen molar-refractivity contribution >= 4 is 5.69 Å². The van der Waals surface area contributed by atoms with Gasteiger partial charge < -0.3 is 10.4 Å². The predicted molar refractivity (Wildman–Crippen MR) is 42.3 cm³/mol. The Labute approximate surface area is 64.7 Å². The fourth-order valence-electron chi connectivity index (χ4n) is 0.867. The molecule has 0 atom stereocenters. The van der Waals surface area contributed by atoms with Gasteiger partial charge in [0.25, 0.3) is 0 Å². The van der Waals surface area contributed by atoms with Crippen LogP contribution < -0.4 is 5.32 Å². The molecule has 11 heavy (non-hydrogen) atoms. The van der Waals surface area contributed by atoms with Crippen LogP contribution in [0.3, 0.4) is 0 Å². The van der Waals surface area contributed by atoms with Gasteiger partial charge in [-0.3, -0.25) is 0 Å². The van der Waals surface area contributed by atoms with Crippen LogP contribution in [0, 0.1) is 12.7 Å². The van der Waals surface area contributed by atoms with Crippen LogP contribution in [0.4, 0.5) is 10.1 Å². The zero-order chi connectivity index (χ0) is 8.43. The van der Waals surface area contributed by atoms with E-state index >= 15 is 0 Å². The quantitative estimate of drug-likeness (QED) is 0.607. The number of phenols is 1. The van der Waals surface area contributed by atoms with E-state index < -0.39 is 0 Å². The van der Waals surface area contributed by atoms with E-state index in [1.54, 1.807) is 14.0 Å². The summed E-state index contributed by atoms with van der Waals surface area (Å²) >= 11 is 0. The molecule has 0 fully saturated rings. The maximum Gasteiger partial charge on any atom is 0.139 e. The van der Waals surface area contributed by atoms with Crippen molar-refractivity contribution in [3.05, 3.63) is 23.5 Å². The van der Waals surface area contributed by atoms with Crippen molar-refractivity contribution in [2.75, 3.05) is 12.4 Å². The number of aryl methyl sites for hydroxylation is 1. The number of aromatic hydroxyl groups is 1. The molecule has 0 aliphatic heterocycles. The average molecular weight is 155 g/mol. The summed E-state index contributed by atoms with van der Waals surface area (Å²) in [6.45, 7) is 1.61. The second kappa shape index (κ2) is 2.78. The van der Waals surface area contributed by atoms with Crippen molar-refractivity contribution < 1.29 is 9.50 Å². The van der Waals surface area contributed by atoms with Crippen LogP contribution in [-0.2, 0) is 0 Å². The Balaban J connectivity index is 3.21. The Bertz CT molecular complexity index is 273. The summed E-state index contributed by atoms with van der Waals surface area (Å²) in [6, 6.07) is 2.66. The third kappa shape index (κ3) is 1.42. The van der Waals surface area contributed by atoms with Crippen LogP contribution in [-0.4, -0.2) is 12.2 Å². The van der Waals surface area contributed by atoms with Gasteiger partial charge in [0.1, 0.15) is 11.6 Å². The lowest BCUT2D eigenvalue weighted by Gasteiger charge is -2.04. The van der Waals surface area contributed by atoms with Crippen molar-refractivity contribution in [2.45, 2.75) is 6.92 Å². The molecule has 0 heterocycles. The number of halogens is 1. The first-order valence-corrected chi connectivity index (χ1v) is 3.32. The summed E-state index contributed by atoms with van der Waals surface area (Å²) in [6.07, 6.45) is 0. The Kier molecular flexibility index (Phi) is 1.98. The summed E-state index contributed by atoms with van der Waals surface area (Å²) in [5.41, 5.74) is 0.856. The minimum Gasteiger partial charge on any atom is -0.506 e. The lowest BCUT2D eigenvalue weighted by Crippen LogP contribution is -1.91. The molecular formula is C8H10FNO. The van der Waals surface area contributed by atoms with E-state index in [1.165, 1.54) is 12.1 Å². The lowest BCUT2D eigenvalue weighted by atomic mass is 10.2. The molecule has 0 saturated heterocycles. The van der Waals surface area contributed by atoms with Gasteiger partial charge in [-0.2, -0.15) is 0 Å². The molecule has 3 heteroatoms. The fourth-order valence-corrected chi connectivity index (χ4v) is 0.867. The van der Waals surface area contributed by atoms with E-state index in [1.807, 2.05) is 0 Å². The Hall–Kier alpha value is -1.25. The van der Waals surface area contributed by atoms with Gasteiger partial charge in [-0.05, 0) is 18.6 Å². The maximum absolute atomic E-state index is 12.8. The van der Waals surface area contributed by atoms with Gasteiger partial charge in [0.05, 0.1) is 5.69 Å². The first-order valence-electron chi connectivity index (χ1n) is 3.32. The molecule has 0 radical (unpaired) electrons.